The number of fused-ring (bicyclic) bond motifs is 1. The summed E-state index contributed by atoms with van der Waals surface area (Å²) in [7, 11) is 0. The molecule has 0 aromatic carbocycles. The second kappa shape index (κ2) is 22.2. The van der Waals surface area contributed by atoms with Crippen molar-refractivity contribution in [2.75, 3.05) is 13.2 Å². The second-order valence-corrected chi connectivity index (χ2v) is 19.1. The van der Waals surface area contributed by atoms with Gasteiger partial charge >= 0.3 is 5.97 Å². The van der Waals surface area contributed by atoms with Crippen molar-refractivity contribution < 1.29 is 119 Å². The number of carbonyl (C=O) groups excluding carboxylic acids is 1. The Morgan fingerprint density at radius 2 is 1.21 bits per heavy atom. The molecular weight excluding hydrogens is 888 g/mol. The molecule has 26 atom stereocenters. The lowest BCUT2D eigenvalue weighted by Crippen LogP contribution is -2.64. The molecule has 3 aliphatic carbocycles. The third-order valence-corrected chi connectivity index (χ3v) is 14.5. The Kier molecular flexibility index (Phi) is 17.5. The molecule has 16 N–H and O–H groups in total. The molecule has 4 aliphatic heterocycles. The maximum atomic E-state index is 12.7. The highest BCUT2D eigenvalue weighted by Crippen LogP contribution is 2.44. The smallest absolute Gasteiger partial charge is 0.330 e. The summed E-state index contributed by atoms with van der Waals surface area (Å²) < 4.78 is 46.0. The highest BCUT2D eigenvalue weighted by Gasteiger charge is 2.57. The van der Waals surface area contributed by atoms with Gasteiger partial charge in [0.05, 0.1) is 61.9 Å². The van der Waals surface area contributed by atoms with Crippen LogP contribution >= 0.6 is 0 Å². The quantitative estimate of drug-likeness (QED) is 0.0491. The third-order valence-electron chi connectivity index (χ3n) is 14.5. The van der Waals surface area contributed by atoms with Crippen molar-refractivity contribution >= 4 is 5.97 Å². The van der Waals surface area contributed by atoms with Crippen LogP contribution in [0.4, 0.5) is 0 Å². The molecule has 7 aliphatic rings. The van der Waals surface area contributed by atoms with Crippen LogP contribution in [0.5, 0.6) is 0 Å². The first-order valence-corrected chi connectivity index (χ1v) is 22.9. The average molecular weight is 958 g/mol. The SMILES string of the molecule is C[C@@H]1O[C@@H](OC[C@H]2O[C@@H](OC3CC4C(O[C@@H]5O[C@H](CO)[C@@H](O)[C@H](O)[C@H]5O)CC(O)CC4[OH+]C3C3CC(O)C(O)C(O)C3)[C@H](O)[C@@H](O)[C@@H]2O)[C@H](O)[C@H](O)[C@H]1OC(=O)C=CC1CCC(O)C(O)C1. The molecule has 0 bridgehead atoms. The van der Waals surface area contributed by atoms with E-state index in [0.717, 1.165) is 6.08 Å². The summed E-state index contributed by atoms with van der Waals surface area (Å²) in [6, 6.07) is 0. The first-order chi connectivity index (χ1) is 31.3. The van der Waals surface area contributed by atoms with Crippen LogP contribution in [0.1, 0.15) is 58.3 Å². The number of carbonyl (C=O) groups is 1. The molecule has 0 aromatic heterocycles. The van der Waals surface area contributed by atoms with Gasteiger partial charge in [-0.25, -0.2) is 4.79 Å². The molecule has 11 unspecified atom stereocenters. The number of aliphatic hydroxyl groups excluding tert-OH is 15. The van der Waals surface area contributed by atoms with E-state index in [-0.39, 0.29) is 44.4 Å². The lowest BCUT2D eigenvalue weighted by molar-refractivity contribution is -0.371. The summed E-state index contributed by atoms with van der Waals surface area (Å²) >= 11 is 0. The summed E-state index contributed by atoms with van der Waals surface area (Å²) in [4.78, 5) is 12.7. The highest BCUT2D eigenvalue weighted by molar-refractivity contribution is 5.82. The van der Waals surface area contributed by atoms with Gasteiger partial charge in [-0.15, -0.1) is 0 Å². The van der Waals surface area contributed by atoms with Crippen LogP contribution in [0.25, 0.3) is 0 Å². The van der Waals surface area contributed by atoms with E-state index in [1.165, 1.54) is 13.0 Å². The van der Waals surface area contributed by atoms with Crippen LogP contribution < -0.4 is 0 Å². The number of aliphatic hydroxyl groups is 17. The van der Waals surface area contributed by atoms with Crippen molar-refractivity contribution in [3.05, 3.63) is 12.2 Å². The zero-order chi connectivity index (χ0) is 47.9. The van der Waals surface area contributed by atoms with E-state index >= 15 is 0 Å². The van der Waals surface area contributed by atoms with Gasteiger partial charge in [0, 0.05) is 24.8 Å². The van der Waals surface area contributed by atoms with Crippen LogP contribution in [0.2, 0.25) is 0 Å². The largest absolute Gasteiger partial charge is 0.454 e. The zero-order valence-electron chi connectivity index (χ0n) is 36.3. The minimum atomic E-state index is -1.90. The van der Waals surface area contributed by atoms with E-state index in [2.05, 4.69) is 0 Å². The predicted molar refractivity (Wildman–Crippen MR) is 215 cm³/mol. The lowest BCUT2D eigenvalue weighted by Gasteiger charge is -2.50. The van der Waals surface area contributed by atoms with Crippen molar-refractivity contribution in [3.8, 4) is 0 Å². The number of esters is 1. The van der Waals surface area contributed by atoms with Crippen molar-refractivity contribution in [2.45, 2.75) is 211 Å². The summed E-state index contributed by atoms with van der Waals surface area (Å²) in [6.45, 7) is 0.126. The topological polar surface area (TPSA) is 398 Å². The number of allylic oxidation sites excluding steroid dienone is 1. The molecule has 7 rings (SSSR count). The highest BCUT2D eigenvalue weighted by atomic mass is 16.7. The molecule has 3 saturated carbocycles. The maximum Gasteiger partial charge on any atom is 0.330 e. The number of hydrogen-bond donors (Lipinski definition) is 15. The van der Waals surface area contributed by atoms with Gasteiger partial charge in [-0.05, 0) is 51.4 Å². The molecule has 0 aromatic rings. The Bertz CT molecular complexity index is 1580. The first-order valence-electron chi connectivity index (χ1n) is 22.9. The molecular formula is C42H69O24+. The first kappa shape index (κ1) is 52.2. The molecule has 0 spiro atoms. The van der Waals surface area contributed by atoms with E-state index in [0.29, 0.717) is 12.8 Å². The van der Waals surface area contributed by atoms with Gasteiger partial charge in [-0.3, -0.25) is 0 Å². The third kappa shape index (κ3) is 11.4. The molecule has 4 saturated heterocycles. The Morgan fingerprint density at radius 3 is 1.85 bits per heavy atom. The van der Waals surface area contributed by atoms with Crippen molar-refractivity contribution in [2.24, 2.45) is 17.8 Å². The molecule has 24 heteroatoms. The Hall–Kier alpha value is -1.67. The molecule has 24 nitrogen and oxygen atoms in total. The minimum Gasteiger partial charge on any atom is -0.454 e. The number of hydrogen-bond acceptors (Lipinski definition) is 23. The fourth-order valence-corrected chi connectivity index (χ4v) is 10.6. The summed E-state index contributed by atoms with van der Waals surface area (Å²) in [5.41, 5.74) is 0. The predicted octanol–water partition coefficient (Wildman–Crippen LogP) is -7.23. The fourth-order valence-electron chi connectivity index (χ4n) is 10.6. The van der Waals surface area contributed by atoms with Gasteiger partial charge in [0.15, 0.2) is 37.2 Å². The van der Waals surface area contributed by atoms with Gasteiger partial charge in [0.25, 0.3) is 0 Å². The second-order valence-electron chi connectivity index (χ2n) is 19.1. The van der Waals surface area contributed by atoms with Crippen LogP contribution in [-0.2, 0) is 38.0 Å². The normalized spacial score (nSPS) is 52.7. The van der Waals surface area contributed by atoms with Crippen molar-refractivity contribution in [3.63, 3.8) is 0 Å². The molecule has 0 radical (unpaired) electrons. The average Bonchev–Trinajstić information content (AvgIpc) is 3.28. The van der Waals surface area contributed by atoms with Gasteiger partial charge in [-0.1, -0.05) is 6.08 Å². The summed E-state index contributed by atoms with van der Waals surface area (Å²) in [5, 5.41) is 159. The standard InChI is InChI=1S/C42H68O24/c1-14-38(66-28(49)5-3-15-2-4-19(45)20(46)6-15)34(55)37(58)40(60-14)59-13-27-31(52)33(54)36(57)42(65-27)63-25-11-18-23(61-39(25)16-7-21(47)29(50)22(48)8-16)9-17(44)10-24(18)62-41-35(56)32(53)30(51)26(12-43)64-41/h3,5,14-27,29-48,50-58H,2,4,6-13H2,1H3/p+1/t14-,15?,16?,17?,18?,19?,20?,21?,22?,23?,24?,25?,26+,27+,29?,30+,31+,32-,33-,34-,35+,36+,37+,38-,39?,40+,41+,42+/m0/s1. The van der Waals surface area contributed by atoms with Gasteiger partial charge < -0.3 is 114 Å². The van der Waals surface area contributed by atoms with Crippen molar-refractivity contribution in [1.82, 2.24) is 0 Å². The molecule has 7 fully saturated rings. The Labute approximate surface area is 379 Å². The molecule has 0 amide bonds. The zero-order valence-corrected chi connectivity index (χ0v) is 36.3. The molecule has 380 valence electrons. The summed E-state index contributed by atoms with van der Waals surface area (Å²) in [6.07, 6.45) is -30.8. The Morgan fingerprint density at radius 1 is 0.606 bits per heavy atom. The van der Waals surface area contributed by atoms with E-state index in [1.54, 1.807) is 0 Å². The number of ether oxygens (including phenoxy) is 8. The minimum absolute atomic E-state index is 0.00964. The Balaban J connectivity index is 1.02. The van der Waals surface area contributed by atoms with Crippen LogP contribution in [0.3, 0.4) is 0 Å². The molecule has 4 heterocycles. The van der Waals surface area contributed by atoms with E-state index in [1.807, 2.05) is 0 Å². The van der Waals surface area contributed by atoms with Gasteiger partial charge in [0.1, 0.15) is 73.2 Å². The van der Waals surface area contributed by atoms with Crippen LogP contribution in [0, 0.1) is 17.8 Å². The monoisotopic (exact) mass is 957 g/mol. The summed E-state index contributed by atoms with van der Waals surface area (Å²) in [5.74, 6) is -2.31. The molecule has 66 heavy (non-hydrogen) atoms. The van der Waals surface area contributed by atoms with E-state index in [4.69, 9.17) is 37.9 Å². The lowest BCUT2D eigenvalue weighted by atomic mass is 9.72. The van der Waals surface area contributed by atoms with Crippen molar-refractivity contribution in [1.29, 1.82) is 0 Å². The van der Waals surface area contributed by atoms with E-state index in [9.17, 15) is 81.4 Å². The maximum absolute atomic E-state index is 12.7. The van der Waals surface area contributed by atoms with E-state index < -0.39 is 184 Å². The van der Waals surface area contributed by atoms with Crippen LogP contribution in [-0.4, -0.2) is 254 Å². The number of rotatable bonds is 12. The fraction of sp³-hybridized carbons (Fsp3) is 0.929. The van der Waals surface area contributed by atoms with Gasteiger partial charge in [0.2, 0.25) is 0 Å². The van der Waals surface area contributed by atoms with Gasteiger partial charge in [-0.2, -0.15) is 0 Å². The van der Waals surface area contributed by atoms with Crippen LogP contribution in [0.15, 0.2) is 12.2 Å².